The highest BCUT2D eigenvalue weighted by molar-refractivity contribution is 5.92. The molecule has 84 valence electrons. The van der Waals surface area contributed by atoms with Crippen molar-refractivity contribution >= 4 is 5.97 Å². The van der Waals surface area contributed by atoms with Crippen LogP contribution < -0.4 is 9.47 Å². The molecule has 1 rings (SSSR count). The van der Waals surface area contributed by atoms with Gasteiger partial charge < -0.3 is 14.2 Å². The van der Waals surface area contributed by atoms with E-state index < -0.39 is 5.97 Å². The van der Waals surface area contributed by atoms with Crippen molar-refractivity contribution < 1.29 is 19.0 Å². The van der Waals surface area contributed by atoms with Gasteiger partial charge in [0.25, 0.3) is 0 Å². The number of hydrogen-bond acceptors (Lipinski definition) is 4. The average Bonchev–Trinajstić information content (AvgIpc) is 2.34. The molecule has 1 aromatic rings. The molecule has 1 aromatic carbocycles. The number of esters is 1. The summed E-state index contributed by atoms with van der Waals surface area (Å²) < 4.78 is 14.9. The molecule has 0 saturated carbocycles. The number of carbonyl (C=O) groups is 1. The Bertz CT molecular complexity index is 418. The predicted molar refractivity (Wildman–Crippen MR) is 58.7 cm³/mol. The van der Waals surface area contributed by atoms with Gasteiger partial charge in [-0.05, 0) is 12.1 Å². The van der Waals surface area contributed by atoms with Crippen LogP contribution >= 0.6 is 0 Å². The molecule has 0 aliphatic rings. The molecule has 0 saturated heterocycles. The highest BCUT2D eigenvalue weighted by atomic mass is 16.5. The quantitative estimate of drug-likeness (QED) is 0.569. The number of rotatable bonds is 4. The minimum atomic E-state index is -0.458. The summed E-state index contributed by atoms with van der Waals surface area (Å²) in [7, 11) is 2.78. The normalized spacial score (nSPS) is 9.06. The van der Waals surface area contributed by atoms with Crippen molar-refractivity contribution in [2.75, 3.05) is 20.8 Å². The lowest BCUT2D eigenvalue weighted by atomic mass is 10.2. The maximum Gasteiger partial charge on any atom is 0.341 e. The number of ether oxygens (including phenoxy) is 3. The molecule has 0 amide bonds. The molecular formula is C12H12O4. The zero-order valence-corrected chi connectivity index (χ0v) is 9.15. The molecule has 4 heteroatoms. The number of benzene rings is 1. The van der Waals surface area contributed by atoms with Gasteiger partial charge in [0, 0.05) is 6.07 Å². The molecular weight excluding hydrogens is 208 g/mol. The van der Waals surface area contributed by atoms with E-state index in [0.29, 0.717) is 17.1 Å². The largest absolute Gasteiger partial charge is 0.496 e. The maximum atomic E-state index is 11.3. The Morgan fingerprint density at radius 1 is 1.44 bits per heavy atom. The second-order valence-corrected chi connectivity index (χ2v) is 2.85. The molecule has 0 atom stereocenters. The van der Waals surface area contributed by atoms with Gasteiger partial charge in [-0.3, -0.25) is 0 Å². The minimum Gasteiger partial charge on any atom is -0.496 e. The molecule has 0 heterocycles. The first kappa shape index (κ1) is 11.9. The third kappa shape index (κ3) is 2.67. The van der Waals surface area contributed by atoms with Crippen molar-refractivity contribution in [3.05, 3.63) is 23.8 Å². The second-order valence-electron chi connectivity index (χ2n) is 2.85. The van der Waals surface area contributed by atoms with Gasteiger partial charge >= 0.3 is 5.97 Å². The van der Waals surface area contributed by atoms with Crippen molar-refractivity contribution in [1.82, 2.24) is 0 Å². The van der Waals surface area contributed by atoms with Crippen molar-refractivity contribution in [3.8, 4) is 23.8 Å². The van der Waals surface area contributed by atoms with Crippen LogP contribution in [0.5, 0.6) is 11.5 Å². The number of carbonyl (C=O) groups excluding carboxylic acids is 1. The van der Waals surface area contributed by atoms with Crippen molar-refractivity contribution in [2.24, 2.45) is 0 Å². The van der Waals surface area contributed by atoms with Crippen LogP contribution in [0.15, 0.2) is 18.2 Å². The first-order valence-corrected chi connectivity index (χ1v) is 4.55. The zero-order valence-electron chi connectivity index (χ0n) is 9.15. The average molecular weight is 220 g/mol. The van der Waals surface area contributed by atoms with Gasteiger partial charge in [-0.15, -0.1) is 6.42 Å². The van der Waals surface area contributed by atoms with Gasteiger partial charge in [0.2, 0.25) is 0 Å². The number of methoxy groups -OCH3 is 2. The lowest BCUT2D eigenvalue weighted by Crippen LogP contribution is -2.04. The van der Waals surface area contributed by atoms with Crippen LogP contribution in [-0.4, -0.2) is 26.8 Å². The van der Waals surface area contributed by atoms with Crippen LogP contribution in [0.25, 0.3) is 0 Å². The van der Waals surface area contributed by atoms with Crippen molar-refractivity contribution in [2.45, 2.75) is 0 Å². The van der Waals surface area contributed by atoms with Crippen LogP contribution in [0.4, 0.5) is 0 Å². The van der Waals surface area contributed by atoms with E-state index in [1.165, 1.54) is 14.2 Å². The first-order chi connectivity index (χ1) is 7.72. The summed E-state index contributed by atoms with van der Waals surface area (Å²) in [6.45, 7) is 0.167. The predicted octanol–water partition coefficient (Wildman–Crippen LogP) is 1.49. The first-order valence-electron chi connectivity index (χ1n) is 4.55. The highest BCUT2D eigenvalue weighted by Gasteiger charge is 2.13. The lowest BCUT2D eigenvalue weighted by Gasteiger charge is -2.09. The molecule has 0 unspecified atom stereocenters. The van der Waals surface area contributed by atoms with Crippen LogP contribution in [0.3, 0.4) is 0 Å². The summed E-state index contributed by atoms with van der Waals surface area (Å²) in [6.07, 6.45) is 5.07. The summed E-state index contributed by atoms with van der Waals surface area (Å²) in [5.74, 6) is 2.82. The second kappa shape index (κ2) is 5.66. The molecule has 0 spiro atoms. The molecule has 0 bridgehead atoms. The SMILES string of the molecule is C#CCOc1ccc(C(=O)OC)c(OC)c1. The number of terminal acetylenes is 1. The molecule has 0 aliphatic heterocycles. The lowest BCUT2D eigenvalue weighted by molar-refractivity contribution is 0.0597. The van der Waals surface area contributed by atoms with Gasteiger partial charge in [0.15, 0.2) is 0 Å². The van der Waals surface area contributed by atoms with Gasteiger partial charge in [0.05, 0.1) is 14.2 Å². The van der Waals surface area contributed by atoms with Crippen molar-refractivity contribution in [1.29, 1.82) is 0 Å². The van der Waals surface area contributed by atoms with E-state index in [2.05, 4.69) is 10.7 Å². The summed E-state index contributed by atoms with van der Waals surface area (Å²) in [5.41, 5.74) is 0.345. The van der Waals surface area contributed by atoms with E-state index in [4.69, 9.17) is 15.9 Å². The van der Waals surface area contributed by atoms with E-state index in [-0.39, 0.29) is 6.61 Å². The molecule has 0 fully saturated rings. The third-order valence-corrected chi connectivity index (χ3v) is 1.90. The summed E-state index contributed by atoms with van der Waals surface area (Å²) in [6, 6.07) is 4.78. The van der Waals surface area contributed by atoms with Gasteiger partial charge in [-0.1, -0.05) is 5.92 Å². The molecule has 16 heavy (non-hydrogen) atoms. The Balaban J connectivity index is 2.98. The van der Waals surface area contributed by atoms with E-state index >= 15 is 0 Å². The Labute approximate surface area is 94.1 Å². The molecule has 4 nitrogen and oxygen atoms in total. The van der Waals surface area contributed by atoms with Gasteiger partial charge in [0.1, 0.15) is 23.7 Å². The Kier molecular flexibility index (Phi) is 4.22. The minimum absolute atomic E-state index is 0.167. The summed E-state index contributed by atoms with van der Waals surface area (Å²) in [5, 5.41) is 0. The van der Waals surface area contributed by atoms with Gasteiger partial charge in [-0.2, -0.15) is 0 Å². The smallest absolute Gasteiger partial charge is 0.341 e. The highest BCUT2D eigenvalue weighted by Crippen LogP contribution is 2.25. The van der Waals surface area contributed by atoms with Crippen LogP contribution in [0.1, 0.15) is 10.4 Å². The molecule has 0 radical (unpaired) electrons. The Hall–Kier alpha value is -2.15. The fourth-order valence-corrected chi connectivity index (χ4v) is 1.16. The maximum absolute atomic E-state index is 11.3. The zero-order chi connectivity index (χ0) is 12.0. The van der Waals surface area contributed by atoms with E-state index in [0.717, 1.165) is 0 Å². The Morgan fingerprint density at radius 2 is 2.19 bits per heavy atom. The van der Waals surface area contributed by atoms with E-state index in [1.54, 1.807) is 18.2 Å². The van der Waals surface area contributed by atoms with Crippen LogP contribution in [-0.2, 0) is 4.74 Å². The van der Waals surface area contributed by atoms with Crippen LogP contribution in [0, 0.1) is 12.3 Å². The topological polar surface area (TPSA) is 44.8 Å². The summed E-state index contributed by atoms with van der Waals surface area (Å²) >= 11 is 0. The van der Waals surface area contributed by atoms with Gasteiger partial charge in [-0.25, -0.2) is 4.79 Å². The Morgan fingerprint density at radius 3 is 2.75 bits per heavy atom. The molecule has 0 N–H and O–H groups in total. The monoisotopic (exact) mass is 220 g/mol. The summed E-state index contributed by atoms with van der Waals surface area (Å²) in [4.78, 5) is 11.3. The number of hydrogen-bond donors (Lipinski definition) is 0. The molecule has 0 aromatic heterocycles. The fourth-order valence-electron chi connectivity index (χ4n) is 1.16. The van der Waals surface area contributed by atoms with Crippen molar-refractivity contribution in [3.63, 3.8) is 0 Å². The molecule has 0 aliphatic carbocycles. The third-order valence-electron chi connectivity index (χ3n) is 1.90. The van der Waals surface area contributed by atoms with E-state index in [1.807, 2.05) is 0 Å². The fraction of sp³-hybridized carbons (Fsp3) is 0.250. The van der Waals surface area contributed by atoms with Crippen LogP contribution in [0.2, 0.25) is 0 Å². The van der Waals surface area contributed by atoms with E-state index in [9.17, 15) is 4.79 Å². The standard InChI is InChI=1S/C12H12O4/c1-4-7-16-9-5-6-10(12(13)15-3)11(8-9)14-2/h1,5-6,8H,7H2,2-3H3.